The van der Waals surface area contributed by atoms with Gasteiger partial charge in [0, 0.05) is 33.8 Å². The van der Waals surface area contributed by atoms with Gasteiger partial charge in [-0.25, -0.2) is 24.0 Å². The molecule has 11 nitrogen and oxygen atoms in total. The third-order valence-electron chi connectivity index (χ3n) is 9.35. The van der Waals surface area contributed by atoms with E-state index in [2.05, 4.69) is 19.7 Å². The zero-order chi connectivity index (χ0) is 43.4. The summed E-state index contributed by atoms with van der Waals surface area (Å²) in [7, 11) is 0. The van der Waals surface area contributed by atoms with E-state index in [1.807, 2.05) is 55.5 Å². The van der Waals surface area contributed by atoms with Gasteiger partial charge in [-0.15, -0.1) is 0 Å². The molecule has 11 heteroatoms. The van der Waals surface area contributed by atoms with Gasteiger partial charge in [-0.1, -0.05) is 63.1 Å². The van der Waals surface area contributed by atoms with Crippen molar-refractivity contribution in [3.63, 3.8) is 0 Å². The highest BCUT2D eigenvalue weighted by Gasteiger charge is 2.30. The molecule has 0 radical (unpaired) electrons. The first-order chi connectivity index (χ1) is 28.6. The standard InChI is InChI=1S/C49H48O11/c1-31(2)45(51)56-29-49(7,30-57-46(52)32(3)4)26-27-55-39-19-15-36(16-20-39)35-11-8-34(9-12-35)10-25-44(50)60-43-24-23-41(28-42(43)37-13-14-37)59-48(54)38-17-21-40(22-18-38)58-47(53)33(5)6/h8-12,15-25,28,37H,1,3,5,13-14,26-27,29-30H2,2,4,6-7H3/b25-10+. The number of carbonyl (C=O) groups excluding carboxylic acids is 5. The summed E-state index contributed by atoms with van der Waals surface area (Å²) in [5.41, 5.74) is 3.89. The van der Waals surface area contributed by atoms with Crippen LogP contribution in [0.15, 0.2) is 134 Å². The van der Waals surface area contributed by atoms with Gasteiger partial charge in [-0.3, -0.25) is 0 Å². The smallest absolute Gasteiger partial charge is 0.343 e. The molecule has 0 spiro atoms. The molecule has 0 unspecified atom stereocenters. The Labute approximate surface area is 349 Å². The summed E-state index contributed by atoms with van der Waals surface area (Å²) in [6, 6.07) is 26.2. The maximum Gasteiger partial charge on any atom is 0.343 e. The highest BCUT2D eigenvalue weighted by molar-refractivity contribution is 5.92. The van der Waals surface area contributed by atoms with E-state index in [1.54, 1.807) is 45.0 Å². The Morgan fingerprint density at radius 3 is 1.73 bits per heavy atom. The molecule has 0 heterocycles. The lowest BCUT2D eigenvalue weighted by molar-refractivity contribution is -0.149. The van der Waals surface area contributed by atoms with E-state index in [0.717, 1.165) is 35.1 Å². The Bertz CT molecular complexity index is 2260. The normalized spacial score (nSPS) is 12.2. The van der Waals surface area contributed by atoms with Crippen molar-refractivity contribution in [3.8, 4) is 34.1 Å². The summed E-state index contributed by atoms with van der Waals surface area (Å²) < 4.78 is 33.2. The highest BCUT2D eigenvalue weighted by Crippen LogP contribution is 2.45. The summed E-state index contributed by atoms with van der Waals surface area (Å²) in [5.74, 6) is -0.901. The van der Waals surface area contributed by atoms with Crippen LogP contribution in [0.3, 0.4) is 0 Å². The summed E-state index contributed by atoms with van der Waals surface area (Å²) >= 11 is 0. The fourth-order valence-electron chi connectivity index (χ4n) is 5.58. The van der Waals surface area contributed by atoms with Crippen LogP contribution in [0.1, 0.15) is 74.4 Å². The van der Waals surface area contributed by atoms with E-state index in [-0.39, 0.29) is 53.8 Å². The van der Waals surface area contributed by atoms with Crippen molar-refractivity contribution in [2.75, 3.05) is 19.8 Å². The zero-order valence-electron chi connectivity index (χ0n) is 34.2. The summed E-state index contributed by atoms with van der Waals surface area (Å²) in [5, 5.41) is 0. The van der Waals surface area contributed by atoms with Gasteiger partial charge in [0.2, 0.25) is 0 Å². The second-order valence-corrected chi connectivity index (χ2v) is 15.1. The van der Waals surface area contributed by atoms with E-state index in [0.29, 0.717) is 23.7 Å². The number of hydrogen-bond acceptors (Lipinski definition) is 11. The zero-order valence-corrected chi connectivity index (χ0v) is 34.2. The molecule has 1 aliphatic rings. The van der Waals surface area contributed by atoms with E-state index in [1.165, 1.54) is 30.3 Å². The quantitative estimate of drug-likeness (QED) is 0.0508. The Balaban J connectivity index is 1.12. The molecule has 0 N–H and O–H groups in total. The molecule has 1 fully saturated rings. The van der Waals surface area contributed by atoms with Gasteiger partial charge in [0.1, 0.15) is 36.2 Å². The van der Waals surface area contributed by atoms with Gasteiger partial charge in [0.15, 0.2) is 0 Å². The molecule has 0 aromatic heterocycles. The molecular weight excluding hydrogens is 765 g/mol. The summed E-state index contributed by atoms with van der Waals surface area (Å²) in [4.78, 5) is 61.5. The monoisotopic (exact) mass is 812 g/mol. The fourth-order valence-corrected chi connectivity index (χ4v) is 5.58. The maximum atomic E-state index is 12.9. The van der Waals surface area contributed by atoms with Crippen LogP contribution in [0.5, 0.6) is 23.0 Å². The number of ether oxygens (including phenoxy) is 6. The Morgan fingerprint density at radius 1 is 0.650 bits per heavy atom. The summed E-state index contributed by atoms with van der Waals surface area (Å²) in [6.45, 7) is 17.6. The van der Waals surface area contributed by atoms with Crippen molar-refractivity contribution in [3.05, 3.63) is 150 Å². The minimum absolute atomic E-state index is 0.0189. The average molecular weight is 813 g/mol. The first kappa shape index (κ1) is 44.1. The van der Waals surface area contributed by atoms with Crippen molar-refractivity contribution < 1.29 is 52.4 Å². The van der Waals surface area contributed by atoms with E-state index >= 15 is 0 Å². The van der Waals surface area contributed by atoms with Crippen LogP contribution in [0.4, 0.5) is 0 Å². The molecule has 1 aliphatic carbocycles. The van der Waals surface area contributed by atoms with E-state index < -0.39 is 35.3 Å². The van der Waals surface area contributed by atoms with Crippen molar-refractivity contribution >= 4 is 35.9 Å². The molecule has 0 atom stereocenters. The highest BCUT2D eigenvalue weighted by atomic mass is 16.6. The van der Waals surface area contributed by atoms with E-state index in [4.69, 9.17) is 28.4 Å². The summed E-state index contributed by atoms with van der Waals surface area (Å²) in [6.07, 6.45) is 5.33. The molecule has 310 valence electrons. The van der Waals surface area contributed by atoms with Crippen molar-refractivity contribution in [1.82, 2.24) is 0 Å². The average Bonchev–Trinajstić information content (AvgIpc) is 4.08. The molecule has 5 rings (SSSR count). The largest absolute Gasteiger partial charge is 0.494 e. The second-order valence-electron chi connectivity index (χ2n) is 15.1. The molecule has 4 aromatic rings. The topological polar surface area (TPSA) is 141 Å². The van der Waals surface area contributed by atoms with Gasteiger partial charge < -0.3 is 28.4 Å². The minimum atomic E-state index is -0.699. The van der Waals surface area contributed by atoms with Crippen LogP contribution in [0.2, 0.25) is 0 Å². The third-order valence-corrected chi connectivity index (χ3v) is 9.35. The maximum absolute atomic E-state index is 12.9. The van der Waals surface area contributed by atoms with Crippen molar-refractivity contribution in [2.24, 2.45) is 5.41 Å². The number of esters is 5. The van der Waals surface area contributed by atoms with Crippen LogP contribution in [0, 0.1) is 5.41 Å². The number of rotatable bonds is 19. The Kier molecular flexibility index (Phi) is 14.8. The molecule has 0 saturated heterocycles. The van der Waals surface area contributed by atoms with Crippen LogP contribution in [0.25, 0.3) is 17.2 Å². The molecular formula is C49H48O11. The van der Waals surface area contributed by atoms with Crippen LogP contribution in [-0.4, -0.2) is 49.7 Å². The molecule has 1 saturated carbocycles. The first-order valence-electron chi connectivity index (χ1n) is 19.3. The van der Waals surface area contributed by atoms with Gasteiger partial charge >= 0.3 is 29.8 Å². The van der Waals surface area contributed by atoms with Gasteiger partial charge in [0.25, 0.3) is 0 Å². The Hall–Kier alpha value is -7.01. The second kappa shape index (κ2) is 20.1. The minimum Gasteiger partial charge on any atom is -0.494 e. The van der Waals surface area contributed by atoms with Gasteiger partial charge in [-0.05, 0) is 123 Å². The molecule has 0 aliphatic heterocycles. The number of carbonyl (C=O) groups is 5. The van der Waals surface area contributed by atoms with Crippen LogP contribution < -0.4 is 18.9 Å². The van der Waals surface area contributed by atoms with E-state index in [9.17, 15) is 24.0 Å². The SMILES string of the molecule is C=C(C)C(=O)OCC(C)(CCOc1ccc(-c2ccc(/C=C/C(=O)Oc3ccc(OC(=O)c4ccc(OC(=O)C(=C)C)cc4)cc3C3CC3)cc2)cc1)COC(=O)C(=C)C. The molecule has 60 heavy (non-hydrogen) atoms. The van der Waals surface area contributed by atoms with Crippen molar-refractivity contribution in [1.29, 1.82) is 0 Å². The van der Waals surface area contributed by atoms with Gasteiger partial charge in [0.05, 0.1) is 12.2 Å². The van der Waals surface area contributed by atoms with Crippen LogP contribution >= 0.6 is 0 Å². The molecule has 0 bridgehead atoms. The fraction of sp³-hybridized carbons (Fsp3) is 0.245. The van der Waals surface area contributed by atoms with Crippen LogP contribution in [-0.2, 0) is 28.7 Å². The lowest BCUT2D eigenvalue weighted by Crippen LogP contribution is -2.33. The van der Waals surface area contributed by atoms with Gasteiger partial charge in [-0.2, -0.15) is 0 Å². The molecule has 4 aromatic carbocycles. The Morgan fingerprint density at radius 2 is 1.18 bits per heavy atom. The first-order valence-corrected chi connectivity index (χ1v) is 19.3. The predicted octanol–water partition coefficient (Wildman–Crippen LogP) is 9.56. The predicted molar refractivity (Wildman–Crippen MR) is 227 cm³/mol. The third kappa shape index (κ3) is 13.0. The lowest BCUT2D eigenvalue weighted by Gasteiger charge is -2.28. The molecule has 0 amide bonds. The number of hydrogen-bond donors (Lipinski definition) is 0. The lowest BCUT2D eigenvalue weighted by atomic mass is 9.89. The number of benzene rings is 4. The van der Waals surface area contributed by atoms with Crippen molar-refractivity contribution in [2.45, 2.75) is 52.9 Å².